The zero-order valence-corrected chi connectivity index (χ0v) is 9.27. The quantitative estimate of drug-likeness (QED) is 0.706. The van der Waals surface area contributed by atoms with Crippen LogP contribution < -0.4 is 5.32 Å². The molecule has 2 fully saturated rings. The average molecular weight is 228 g/mol. The van der Waals surface area contributed by atoms with E-state index in [1.54, 1.807) is 7.05 Å². The van der Waals surface area contributed by atoms with Crippen LogP contribution in [-0.4, -0.2) is 55.9 Å². The molecule has 2 rings (SSSR count). The van der Waals surface area contributed by atoms with Gasteiger partial charge in [0.2, 0.25) is 5.91 Å². The summed E-state index contributed by atoms with van der Waals surface area (Å²) in [7, 11) is 1.57. The van der Waals surface area contributed by atoms with Gasteiger partial charge in [0.15, 0.2) is 0 Å². The van der Waals surface area contributed by atoms with Crippen LogP contribution in [0.1, 0.15) is 12.8 Å². The second-order valence-corrected chi connectivity index (χ2v) is 4.10. The lowest BCUT2D eigenvalue weighted by atomic mass is 10.1. The molecule has 2 aliphatic heterocycles. The van der Waals surface area contributed by atoms with Gasteiger partial charge in [0.05, 0.1) is 0 Å². The monoisotopic (exact) mass is 228 g/mol. The smallest absolute Gasteiger partial charge is 0.410 e. The normalized spacial score (nSPS) is 26.7. The van der Waals surface area contributed by atoms with Crippen molar-refractivity contribution in [3.63, 3.8) is 0 Å². The number of hydrogen-bond donors (Lipinski definition) is 1. The number of cyclic esters (lactones) is 1. The van der Waals surface area contributed by atoms with E-state index in [1.165, 1.54) is 4.90 Å². The summed E-state index contributed by atoms with van der Waals surface area (Å²) in [4.78, 5) is 24.3. The van der Waals surface area contributed by atoms with Crippen molar-refractivity contribution < 1.29 is 19.1 Å². The van der Waals surface area contributed by atoms with Gasteiger partial charge in [0.1, 0.15) is 12.6 Å². The van der Waals surface area contributed by atoms with Crippen LogP contribution in [0.5, 0.6) is 0 Å². The van der Waals surface area contributed by atoms with Crippen LogP contribution in [-0.2, 0) is 14.3 Å². The SMILES string of the molecule is CN1C(=O)OC[C@H]1C(=O)NC1CCOCC1. The Kier molecular flexibility index (Phi) is 3.28. The highest BCUT2D eigenvalue weighted by Crippen LogP contribution is 2.11. The molecule has 0 spiro atoms. The molecule has 1 atom stereocenters. The topological polar surface area (TPSA) is 67.9 Å². The second-order valence-electron chi connectivity index (χ2n) is 4.10. The molecule has 0 saturated carbocycles. The van der Waals surface area contributed by atoms with Crippen LogP contribution in [0.25, 0.3) is 0 Å². The maximum atomic E-state index is 11.8. The molecule has 90 valence electrons. The van der Waals surface area contributed by atoms with Gasteiger partial charge in [0, 0.05) is 26.3 Å². The van der Waals surface area contributed by atoms with Crippen molar-refractivity contribution in [2.24, 2.45) is 0 Å². The Bertz CT molecular complexity index is 289. The summed E-state index contributed by atoms with van der Waals surface area (Å²) < 4.78 is 9.99. The van der Waals surface area contributed by atoms with Crippen LogP contribution in [0, 0.1) is 0 Å². The van der Waals surface area contributed by atoms with Gasteiger partial charge in [-0.15, -0.1) is 0 Å². The summed E-state index contributed by atoms with van der Waals surface area (Å²) in [6.45, 7) is 1.51. The first-order valence-corrected chi connectivity index (χ1v) is 5.46. The Hall–Kier alpha value is -1.30. The first-order valence-electron chi connectivity index (χ1n) is 5.46. The van der Waals surface area contributed by atoms with Gasteiger partial charge in [-0.3, -0.25) is 9.69 Å². The minimum absolute atomic E-state index is 0.139. The lowest BCUT2D eigenvalue weighted by Gasteiger charge is -2.25. The van der Waals surface area contributed by atoms with E-state index in [1.807, 2.05) is 0 Å². The predicted molar refractivity (Wildman–Crippen MR) is 54.9 cm³/mol. The Balaban J connectivity index is 1.85. The third-order valence-electron chi connectivity index (χ3n) is 2.99. The van der Waals surface area contributed by atoms with Crippen molar-refractivity contribution in [1.82, 2.24) is 10.2 Å². The standard InChI is InChI=1S/C10H16N2O4/c1-12-8(6-16-10(12)14)9(13)11-7-2-4-15-5-3-7/h7-8H,2-6H2,1H3,(H,11,13)/t8-/m0/s1. The van der Waals surface area contributed by atoms with Crippen molar-refractivity contribution in [3.8, 4) is 0 Å². The number of likely N-dealkylation sites (N-methyl/N-ethyl adjacent to an activating group) is 1. The van der Waals surface area contributed by atoms with Gasteiger partial charge < -0.3 is 14.8 Å². The first kappa shape index (κ1) is 11.2. The van der Waals surface area contributed by atoms with E-state index in [2.05, 4.69) is 5.32 Å². The maximum Gasteiger partial charge on any atom is 0.410 e. The highest BCUT2D eigenvalue weighted by Gasteiger charge is 2.36. The van der Waals surface area contributed by atoms with Crippen molar-refractivity contribution >= 4 is 12.0 Å². The van der Waals surface area contributed by atoms with Crippen LogP contribution in [0.3, 0.4) is 0 Å². The van der Waals surface area contributed by atoms with E-state index in [0.717, 1.165) is 12.8 Å². The van der Waals surface area contributed by atoms with Crippen LogP contribution in [0.2, 0.25) is 0 Å². The molecule has 0 aromatic heterocycles. The zero-order valence-electron chi connectivity index (χ0n) is 9.27. The summed E-state index contributed by atoms with van der Waals surface area (Å²) in [5, 5.41) is 2.92. The van der Waals surface area contributed by atoms with Crippen molar-refractivity contribution in [3.05, 3.63) is 0 Å². The van der Waals surface area contributed by atoms with E-state index in [-0.39, 0.29) is 18.6 Å². The number of rotatable bonds is 2. The number of nitrogens with one attached hydrogen (secondary N) is 1. The van der Waals surface area contributed by atoms with Gasteiger partial charge in [-0.05, 0) is 12.8 Å². The number of nitrogens with zero attached hydrogens (tertiary/aromatic N) is 1. The van der Waals surface area contributed by atoms with Gasteiger partial charge in [-0.25, -0.2) is 4.79 Å². The van der Waals surface area contributed by atoms with E-state index in [4.69, 9.17) is 9.47 Å². The largest absolute Gasteiger partial charge is 0.447 e. The van der Waals surface area contributed by atoms with Gasteiger partial charge in [-0.1, -0.05) is 0 Å². The maximum absolute atomic E-state index is 11.8. The molecule has 2 heterocycles. The fourth-order valence-electron chi connectivity index (χ4n) is 1.88. The summed E-state index contributed by atoms with van der Waals surface area (Å²) in [6, 6.07) is -0.333. The first-order chi connectivity index (χ1) is 7.68. The van der Waals surface area contributed by atoms with Gasteiger partial charge >= 0.3 is 6.09 Å². The third kappa shape index (κ3) is 2.27. The number of ether oxygens (including phenoxy) is 2. The lowest BCUT2D eigenvalue weighted by Crippen LogP contribution is -2.48. The minimum Gasteiger partial charge on any atom is -0.447 e. The van der Waals surface area contributed by atoms with Crippen LogP contribution >= 0.6 is 0 Å². The average Bonchev–Trinajstić information content (AvgIpc) is 2.61. The predicted octanol–water partition coefficient (Wildman–Crippen LogP) is -0.268. The molecular weight excluding hydrogens is 212 g/mol. The summed E-state index contributed by atoms with van der Waals surface area (Å²) in [6.07, 6.45) is 1.22. The number of hydrogen-bond acceptors (Lipinski definition) is 4. The molecule has 2 aliphatic rings. The number of amides is 2. The molecule has 16 heavy (non-hydrogen) atoms. The Morgan fingerprint density at radius 1 is 1.44 bits per heavy atom. The second kappa shape index (κ2) is 4.69. The molecule has 1 N–H and O–H groups in total. The summed E-state index contributed by atoms with van der Waals surface area (Å²) in [5.41, 5.74) is 0. The van der Waals surface area contributed by atoms with E-state index < -0.39 is 12.1 Å². The Morgan fingerprint density at radius 2 is 2.12 bits per heavy atom. The molecule has 0 bridgehead atoms. The summed E-state index contributed by atoms with van der Waals surface area (Å²) in [5.74, 6) is -0.139. The molecule has 0 aliphatic carbocycles. The zero-order chi connectivity index (χ0) is 11.5. The molecule has 0 radical (unpaired) electrons. The van der Waals surface area contributed by atoms with E-state index in [0.29, 0.717) is 13.2 Å². The van der Waals surface area contributed by atoms with Crippen LogP contribution in [0.15, 0.2) is 0 Å². The summed E-state index contributed by atoms with van der Waals surface area (Å²) >= 11 is 0. The van der Waals surface area contributed by atoms with Crippen molar-refractivity contribution in [2.45, 2.75) is 24.9 Å². The lowest BCUT2D eigenvalue weighted by molar-refractivity contribution is -0.125. The molecule has 6 heteroatoms. The van der Waals surface area contributed by atoms with Gasteiger partial charge in [-0.2, -0.15) is 0 Å². The van der Waals surface area contributed by atoms with Crippen LogP contribution in [0.4, 0.5) is 4.79 Å². The van der Waals surface area contributed by atoms with Crippen molar-refractivity contribution in [2.75, 3.05) is 26.9 Å². The fraction of sp³-hybridized carbons (Fsp3) is 0.800. The highest BCUT2D eigenvalue weighted by molar-refractivity contribution is 5.87. The molecule has 0 unspecified atom stereocenters. The Labute approximate surface area is 93.9 Å². The van der Waals surface area contributed by atoms with E-state index >= 15 is 0 Å². The minimum atomic E-state index is -0.490. The fourth-order valence-corrected chi connectivity index (χ4v) is 1.88. The van der Waals surface area contributed by atoms with Crippen molar-refractivity contribution in [1.29, 1.82) is 0 Å². The Morgan fingerprint density at radius 3 is 2.69 bits per heavy atom. The molecule has 0 aromatic rings. The molecule has 6 nitrogen and oxygen atoms in total. The van der Waals surface area contributed by atoms with Gasteiger partial charge in [0.25, 0.3) is 0 Å². The third-order valence-corrected chi connectivity index (χ3v) is 2.99. The highest BCUT2D eigenvalue weighted by atomic mass is 16.6. The molecule has 2 saturated heterocycles. The number of carbonyl (C=O) groups excluding carboxylic acids is 2. The molecule has 2 amide bonds. The molecular formula is C10H16N2O4. The van der Waals surface area contributed by atoms with E-state index in [9.17, 15) is 9.59 Å². The number of carbonyl (C=O) groups is 2. The molecule has 0 aromatic carbocycles.